The summed E-state index contributed by atoms with van der Waals surface area (Å²) in [5.41, 5.74) is 0. The van der Waals surface area contributed by atoms with Crippen LogP contribution in [0.5, 0.6) is 0 Å². The van der Waals surface area contributed by atoms with Crippen LogP contribution in [0.4, 0.5) is 0 Å². The molecule has 0 unspecified atom stereocenters. The second-order valence-electron chi connectivity index (χ2n) is 9.07. The normalized spacial score (nSPS) is 10.7. The van der Waals surface area contributed by atoms with Gasteiger partial charge < -0.3 is 0 Å². The Morgan fingerprint density at radius 1 is 0.179 bits per heavy atom. The van der Waals surface area contributed by atoms with Gasteiger partial charge in [-0.15, -0.1) is 0 Å². The summed E-state index contributed by atoms with van der Waals surface area (Å²) in [5, 5.41) is 0. The first-order chi connectivity index (χ1) is 13.8. The largest absolute Gasteiger partial charge is 0.0654 e. The minimum absolute atomic E-state index is 1.36. The fourth-order valence-electron chi connectivity index (χ4n) is 3.83. The molecule has 0 bridgehead atoms. The molecule has 0 nitrogen and oxygen atoms in total. The molecule has 0 radical (unpaired) electrons. The van der Waals surface area contributed by atoms with Gasteiger partial charge in [-0.1, -0.05) is 182 Å². The predicted molar refractivity (Wildman–Crippen MR) is 134 cm³/mol. The zero-order chi connectivity index (χ0) is 21.0. The van der Waals surface area contributed by atoms with Gasteiger partial charge in [-0.2, -0.15) is 0 Å². The zero-order valence-corrected chi connectivity index (χ0v) is 21.0. The van der Waals surface area contributed by atoms with Gasteiger partial charge in [0.25, 0.3) is 0 Å². The molecule has 0 aromatic carbocycles. The monoisotopic (exact) mass is 396 g/mol. The third-order valence-corrected chi connectivity index (χ3v) is 5.91. The van der Waals surface area contributed by atoms with Crippen molar-refractivity contribution in [3.8, 4) is 0 Å². The van der Waals surface area contributed by atoms with Gasteiger partial charge in [-0.05, 0) is 0 Å². The van der Waals surface area contributed by atoms with Crippen LogP contribution in [0.25, 0.3) is 0 Å². The quantitative estimate of drug-likeness (QED) is 0.160. The van der Waals surface area contributed by atoms with E-state index in [4.69, 9.17) is 0 Å². The SMILES string of the molecule is CCCCCC.CCCCCCCCCCCCCCCCCCCCCC. The summed E-state index contributed by atoms with van der Waals surface area (Å²) in [4.78, 5) is 0. The summed E-state index contributed by atoms with van der Waals surface area (Å²) in [6.07, 6.45) is 34.9. The van der Waals surface area contributed by atoms with E-state index in [0.717, 1.165) is 0 Å². The van der Waals surface area contributed by atoms with Gasteiger partial charge in [0.1, 0.15) is 0 Å². The average Bonchev–Trinajstić information content (AvgIpc) is 2.72. The third kappa shape index (κ3) is 33.6. The molecule has 0 saturated heterocycles. The highest BCUT2D eigenvalue weighted by molar-refractivity contribution is 4.50. The second kappa shape index (κ2) is 31.7. The van der Waals surface area contributed by atoms with Crippen LogP contribution >= 0.6 is 0 Å². The lowest BCUT2D eigenvalue weighted by Gasteiger charge is -2.03. The molecule has 0 heteroatoms. The first-order valence-electron chi connectivity index (χ1n) is 13.8. The molecule has 0 atom stereocenters. The molecule has 0 aliphatic carbocycles. The average molecular weight is 397 g/mol. The number of hydrogen-bond acceptors (Lipinski definition) is 0. The van der Waals surface area contributed by atoms with E-state index in [1.54, 1.807) is 0 Å². The Morgan fingerprint density at radius 2 is 0.286 bits per heavy atom. The van der Waals surface area contributed by atoms with Crippen LogP contribution in [0, 0.1) is 0 Å². The Bertz CT molecular complexity index is 196. The molecule has 28 heavy (non-hydrogen) atoms. The molecule has 0 heterocycles. The van der Waals surface area contributed by atoms with Gasteiger partial charge in [0.2, 0.25) is 0 Å². The van der Waals surface area contributed by atoms with Crippen molar-refractivity contribution in [1.29, 1.82) is 0 Å². The first kappa shape index (κ1) is 30.2. The van der Waals surface area contributed by atoms with E-state index in [2.05, 4.69) is 27.7 Å². The lowest BCUT2D eigenvalue weighted by molar-refractivity contribution is 0.523. The molecule has 172 valence electrons. The molecule has 0 spiro atoms. The highest BCUT2D eigenvalue weighted by Gasteiger charge is 1.94. The highest BCUT2D eigenvalue weighted by atomic mass is 14.0. The zero-order valence-electron chi connectivity index (χ0n) is 21.0. The van der Waals surface area contributed by atoms with Crippen molar-refractivity contribution in [3.63, 3.8) is 0 Å². The molecular weight excluding hydrogens is 336 g/mol. The van der Waals surface area contributed by atoms with Gasteiger partial charge in [-0.3, -0.25) is 0 Å². The van der Waals surface area contributed by atoms with Crippen molar-refractivity contribution in [3.05, 3.63) is 0 Å². The fraction of sp³-hybridized carbons (Fsp3) is 1.00. The first-order valence-corrected chi connectivity index (χ1v) is 13.8. The van der Waals surface area contributed by atoms with E-state index in [9.17, 15) is 0 Å². The Hall–Kier alpha value is 0. The minimum Gasteiger partial charge on any atom is -0.0654 e. The molecule has 0 aromatic rings. The van der Waals surface area contributed by atoms with E-state index in [-0.39, 0.29) is 0 Å². The Labute approximate surface area is 182 Å². The number of hydrogen-bond donors (Lipinski definition) is 0. The van der Waals surface area contributed by atoms with E-state index in [0.29, 0.717) is 0 Å². The molecular formula is C28H60. The standard InChI is InChI=1S/C22H46.C6H14/c1-3-5-7-9-11-13-15-17-19-21-22-20-18-16-14-12-10-8-6-4-2;1-3-5-6-4-2/h3-22H2,1-2H3;3-6H2,1-2H3. The molecule has 0 aliphatic heterocycles. The number of rotatable bonds is 22. The molecule has 0 N–H and O–H groups in total. The summed E-state index contributed by atoms with van der Waals surface area (Å²) in [5.74, 6) is 0. The van der Waals surface area contributed by atoms with E-state index in [1.165, 1.54) is 154 Å². The van der Waals surface area contributed by atoms with Crippen molar-refractivity contribution < 1.29 is 0 Å². The Kier molecular flexibility index (Phi) is 34.2. The molecule has 0 rings (SSSR count). The van der Waals surface area contributed by atoms with Crippen molar-refractivity contribution in [1.82, 2.24) is 0 Å². The van der Waals surface area contributed by atoms with Gasteiger partial charge in [0.15, 0.2) is 0 Å². The van der Waals surface area contributed by atoms with Gasteiger partial charge in [0, 0.05) is 0 Å². The van der Waals surface area contributed by atoms with E-state index in [1.807, 2.05) is 0 Å². The second-order valence-corrected chi connectivity index (χ2v) is 9.07. The minimum atomic E-state index is 1.36. The Balaban J connectivity index is 0. The van der Waals surface area contributed by atoms with Crippen molar-refractivity contribution in [2.75, 3.05) is 0 Å². The topological polar surface area (TPSA) is 0 Å². The van der Waals surface area contributed by atoms with E-state index >= 15 is 0 Å². The predicted octanol–water partition coefficient (Wildman–Crippen LogP) is 11.4. The van der Waals surface area contributed by atoms with Crippen LogP contribution in [0.1, 0.15) is 182 Å². The van der Waals surface area contributed by atoms with Crippen molar-refractivity contribution in [2.45, 2.75) is 182 Å². The van der Waals surface area contributed by atoms with Crippen LogP contribution in [0.2, 0.25) is 0 Å². The molecule has 0 saturated carbocycles. The van der Waals surface area contributed by atoms with E-state index < -0.39 is 0 Å². The van der Waals surface area contributed by atoms with Crippen LogP contribution in [0.3, 0.4) is 0 Å². The van der Waals surface area contributed by atoms with Crippen molar-refractivity contribution in [2.24, 2.45) is 0 Å². The maximum Gasteiger partial charge on any atom is -0.0533 e. The fourth-order valence-corrected chi connectivity index (χ4v) is 3.83. The highest BCUT2D eigenvalue weighted by Crippen LogP contribution is 2.14. The lowest BCUT2D eigenvalue weighted by Crippen LogP contribution is -1.84. The summed E-state index contributed by atoms with van der Waals surface area (Å²) >= 11 is 0. The maximum atomic E-state index is 2.30. The van der Waals surface area contributed by atoms with Crippen LogP contribution < -0.4 is 0 Å². The van der Waals surface area contributed by atoms with Crippen LogP contribution in [-0.4, -0.2) is 0 Å². The summed E-state index contributed by atoms with van der Waals surface area (Å²) < 4.78 is 0. The van der Waals surface area contributed by atoms with Gasteiger partial charge in [0.05, 0.1) is 0 Å². The third-order valence-electron chi connectivity index (χ3n) is 5.91. The molecule has 0 amide bonds. The van der Waals surface area contributed by atoms with Crippen molar-refractivity contribution >= 4 is 0 Å². The lowest BCUT2D eigenvalue weighted by atomic mass is 10.0. The Morgan fingerprint density at radius 3 is 0.429 bits per heavy atom. The van der Waals surface area contributed by atoms with Crippen LogP contribution in [-0.2, 0) is 0 Å². The summed E-state index contributed by atoms with van der Waals surface area (Å²) in [6, 6.07) is 0. The summed E-state index contributed by atoms with van der Waals surface area (Å²) in [7, 11) is 0. The number of unbranched alkanes of at least 4 members (excludes halogenated alkanes) is 22. The van der Waals surface area contributed by atoms with Crippen LogP contribution in [0.15, 0.2) is 0 Å². The maximum absolute atomic E-state index is 2.30. The summed E-state index contributed by atoms with van der Waals surface area (Å²) in [6.45, 7) is 9.06. The van der Waals surface area contributed by atoms with Gasteiger partial charge in [-0.25, -0.2) is 0 Å². The smallest absolute Gasteiger partial charge is 0.0533 e. The molecule has 0 aromatic heterocycles. The van der Waals surface area contributed by atoms with Gasteiger partial charge >= 0.3 is 0 Å². The molecule has 0 fully saturated rings. The molecule has 0 aliphatic rings.